The first-order valence-corrected chi connectivity index (χ1v) is 9.75. The van der Waals surface area contributed by atoms with Gasteiger partial charge in [0.15, 0.2) is 5.78 Å². The first-order chi connectivity index (χ1) is 12.0. The fourth-order valence-electron chi connectivity index (χ4n) is 5.16. The van der Waals surface area contributed by atoms with Crippen LogP contribution in [0.1, 0.15) is 85.9 Å². The summed E-state index contributed by atoms with van der Waals surface area (Å²) in [6.45, 7) is 4.46. The Labute approximate surface area is 150 Å². The van der Waals surface area contributed by atoms with Gasteiger partial charge in [-0.2, -0.15) is 0 Å². The van der Waals surface area contributed by atoms with Gasteiger partial charge in [-0.1, -0.05) is 51.0 Å². The van der Waals surface area contributed by atoms with Crippen LogP contribution < -0.4 is 0 Å². The highest BCUT2D eigenvalue weighted by molar-refractivity contribution is 6.51. The summed E-state index contributed by atoms with van der Waals surface area (Å²) in [7, 11) is 0. The van der Waals surface area contributed by atoms with Gasteiger partial charge >= 0.3 is 0 Å². The number of carbonyl (C=O) groups excluding carboxylic acids is 3. The molecule has 2 aliphatic carbocycles. The number of fused-ring (bicyclic) bond motifs is 1. The molecule has 0 amide bonds. The van der Waals surface area contributed by atoms with Gasteiger partial charge in [0.05, 0.1) is 5.92 Å². The Morgan fingerprint density at radius 3 is 2.00 bits per heavy atom. The molecule has 1 atom stereocenters. The third-order valence-corrected chi connectivity index (χ3v) is 6.35. The Kier molecular flexibility index (Phi) is 5.21. The summed E-state index contributed by atoms with van der Waals surface area (Å²) in [6, 6.07) is 6.77. The lowest BCUT2D eigenvalue weighted by Gasteiger charge is -2.42. The maximum Gasteiger partial charge on any atom is 0.230 e. The first-order valence-electron chi connectivity index (χ1n) is 9.75. The molecule has 0 radical (unpaired) electrons. The molecule has 1 saturated carbocycles. The summed E-state index contributed by atoms with van der Waals surface area (Å²) in [6.07, 6.45) is 8.73. The largest absolute Gasteiger partial charge is 0.293 e. The Morgan fingerprint density at radius 1 is 0.880 bits per heavy atom. The van der Waals surface area contributed by atoms with Crippen molar-refractivity contribution >= 4 is 17.3 Å². The summed E-state index contributed by atoms with van der Waals surface area (Å²) in [5, 5.41) is 0. The van der Waals surface area contributed by atoms with Gasteiger partial charge in [0.1, 0.15) is 0 Å². The molecule has 3 nitrogen and oxygen atoms in total. The highest BCUT2D eigenvalue weighted by Crippen LogP contribution is 2.48. The summed E-state index contributed by atoms with van der Waals surface area (Å²) in [5.41, 5.74) is 1.11. The number of benzene rings is 1. The second-order valence-corrected chi connectivity index (χ2v) is 7.92. The Morgan fingerprint density at radius 2 is 1.44 bits per heavy atom. The lowest BCUT2D eigenvalue weighted by atomic mass is 9.61. The van der Waals surface area contributed by atoms with E-state index in [0.717, 1.165) is 25.7 Å². The Hall–Kier alpha value is -1.77. The van der Waals surface area contributed by atoms with Crippen molar-refractivity contribution in [1.82, 2.24) is 0 Å². The minimum Gasteiger partial charge on any atom is -0.293 e. The Bertz CT molecular complexity index is 672. The van der Waals surface area contributed by atoms with Crippen LogP contribution in [0.4, 0.5) is 0 Å². The molecule has 25 heavy (non-hydrogen) atoms. The van der Waals surface area contributed by atoms with E-state index in [0.29, 0.717) is 11.0 Å². The van der Waals surface area contributed by atoms with Gasteiger partial charge in [-0.15, -0.1) is 0 Å². The van der Waals surface area contributed by atoms with Gasteiger partial charge in [0.25, 0.3) is 0 Å². The summed E-state index contributed by atoms with van der Waals surface area (Å²) in [5.74, 6) is -1.81. The molecule has 134 valence electrons. The molecule has 0 bridgehead atoms. The van der Waals surface area contributed by atoms with E-state index in [-0.39, 0.29) is 17.3 Å². The predicted molar refractivity (Wildman–Crippen MR) is 97.8 cm³/mol. The van der Waals surface area contributed by atoms with Crippen molar-refractivity contribution in [3.63, 3.8) is 0 Å². The molecule has 1 aromatic carbocycles. The average Bonchev–Trinajstić information content (AvgIpc) is 2.62. The molecule has 1 fully saturated rings. The van der Waals surface area contributed by atoms with E-state index in [1.54, 1.807) is 24.3 Å². The standard InChI is InChI=1S/C22H28O3/c1-3-11-22(12-4-2)13-9-15(10-14-22)18-19(23)16-7-5-6-8-17(16)20(24)21(18)25/h5-8,15,18H,3-4,9-14H2,1-2H3. The van der Waals surface area contributed by atoms with Crippen molar-refractivity contribution in [3.8, 4) is 0 Å². The summed E-state index contributed by atoms with van der Waals surface area (Å²) >= 11 is 0. The van der Waals surface area contributed by atoms with E-state index >= 15 is 0 Å². The van der Waals surface area contributed by atoms with Crippen LogP contribution in [0.2, 0.25) is 0 Å². The monoisotopic (exact) mass is 340 g/mol. The molecule has 1 unspecified atom stereocenters. The van der Waals surface area contributed by atoms with Crippen molar-refractivity contribution in [2.75, 3.05) is 0 Å². The number of rotatable bonds is 5. The normalized spacial score (nSPS) is 23.6. The van der Waals surface area contributed by atoms with Gasteiger partial charge in [0, 0.05) is 11.1 Å². The van der Waals surface area contributed by atoms with E-state index in [9.17, 15) is 14.4 Å². The zero-order valence-electron chi connectivity index (χ0n) is 15.3. The zero-order valence-corrected chi connectivity index (χ0v) is 15.3. The minimum atomic E-state index is -0.747. The fraction of sp³-hybridized carbons (Fsp3) is 0.591. The van der Waals surface area contributed by atoms with Crippen molar-refractivity contribution < 1.29 is 14.4 Å². The molecule has 0 N–H and O–H groups in total. The first kappa shape index (κ1) is 18.0. The van der Waals surface area contributed by atoms with E-state index in [4.69, 9.17) is 0 Å². The highest BCUT2D eigenvalue weighted by Gasteiger charge is 2.46. The number of ketones is 3. The van der Waals surface area contributed by atoms with Crippen LogP contribution in [0.25, 0.3) is 0 Å². The topological polar surface area (TPSA) is 51.2 Å². The van der Waals surface area contributed by atoms with Crippen molar-refractivity contribution in [2.45, 2.75) is 65.2 Å². The SMILES string of the molecule is CCCC1(CCC)CCC(C2C(=O)C(=O)c3ccccc3C2=O)CC1. The van der Waals surface area contributed by atoms with E-state index in [1.165, 1.54) is 25.7 Å². The van der Waals surface area contributed by atoms with Crippen molar-refractivity contribution in [2.24, 2.45) is 17.3 Å². The van der Waals surface area contributed by atoms with Gasteiger partial charge in [-0.3, -0.25) is 14.4 Å². The summed E-state index contributed by atoms with van der Waals surface area (Å²) in [4.78, 5) is 38.0. The van der Waals surface area contributed by atoms with Gasteiger partial charge in [-0.25, -0.2) is 0 Å². The van der Waals surface area contributed by atoms with Gasteiger partial charge in [-0.05, 0) is 49.9 Å². The van der Waals surface area contributed by atoms with Crippen LogP contribution in [-0.4, -0.2) is 17.3 Å². The molecule has 0 saturated heterocycles. The van der Waals surface area contributed by atoms with Crippen molar-refractivity contribution in [1.29, 1.82) is 0 Å². The lowest BCUT2D eigenvalue weighted by Crippen LogP contribution is -2.43. The third-order valence-electron chi connectivity index (χ3n) is 6.35. The summed E-state index contributed by atoms with van der Waals surface area (Å²) < 4.78 is 0. The number of hydrogen-bond acceptors (Lipinski definition) is 3. The second kappa shape index (κ2) is 7.23. The Balaban J connectivity index is 1.81. The van der Waals surface area contributed by atoms with Crippen LogP contribution in [0.3, 0.4) is 0 Å². The minimum absolute atomic E-state index is 0.0270. The van der Waals surface area contributed by atoms with Crippen LogP contribution in [-0.2, 0) is 4.79 Å². The van der Waals surface area contributed by atoms with Crippen molar-refractivity contribution in [3.05, 3.63) is 35.4 Å². The molecule has 3 heteroatoms. The third kappa shape index (κ3) is 3.21. The zero-order chi connectivity index (χ0) is 18.0. The number of hydrogen-bond donors (Lipinski definition) is 0. The number of carbonyl (C=O) groups is 3. The maximum absolute atomic E-state index is 12.9. The highest BCUT2D eigenvalue weighted by atomic mass is 16.2. The van der Waals surface area contributed by atoms with E-state index in [2.05, 4.69) is 13.8 Å². The smallest absolute Gasteiger partial charge is 0.230 e. The van der Waals surface area contributed by atoms with Gasteiger partial charge in [0.2, 0.25) is 11.6 Å². The average molecular weight is 340 g/mol. The van der Waals surface area contributed by atoms with E-state index in [1.807, 2.05) is 0 Å². The molecule has 0 spiro atoms. The second-order valence-electron chi connectivity index (χ2n) is 7.92. The fourth-order valence-corrected chi connectivity index (χ4v) is 5.16. The maximum atomic E-state index is 12.9. The molecule has 0 heterocycles. The predicted octanol–water partition coefficient (Wildman–Crippen LogP) is 5.03. The molecular formula is C22H28O3. The quantitative estimate of drug-likeness (QED) is 0.558. The molecular weight excluding hydrogens is 312 g/mol. The molecule has 0 aromatic heterocycles. The van der Waals surface area contributed by atoms with Gasteiger partial charge < -0.3 is 0 Å². The van der Waals surface area contributed by atoms with Crippen LogP contribution in [0, 0.1) is 17.3 Å². The molecule has 2 aliphatic rings. The van der Waals surface area contributed by atoms with Crippen LogP contribution in [0.15, 0.2) is 24.3 Å². The number of Topliss-reactive ketones (excluding diaryl/α,β-unsaturated/α-hetero) is 3. The molecule has 3 rings (SSSR count). The van der Waals surface area contributed by atoms with E-state index < -0.39 is 17.5 Å². The lowest BCUT2D eigenvalue weighted by molar-refractivity contribution is -0.119. The molecule has 1 aromatic rings. The van der Waals surface area contributed by atoms with Crippen LogP contribution in [0.5, 0.6) is 0 Å². The molecule has 0 aliphatic heterocycles. The van der Waals surface area contributed by atoms with Crippen LogP contribution >= 0.6 is 0 Å².